The van der Waals surface area contributed by atoms with Crippen LogP contribution in [0.2, 0.25) is 0 Å². The number of anilines is 1. The zero-order chi connectivity index (χ0) is 28.6. The van der Waals surface area contributed by atoms with Crippen LogP contribution in [-0.4, -0.2) is 54.7 Å². The van der Waals surface area contributed by atoms with Gasteiger partial charge in [0.25, 0.3) is 11.9 Å². The maximum absolute atomic E-state index is 12.8. The lowest BCUT2D eigenvalue weighted by Crippen LogP contribution is -2.37. The Morgan fingerprint density at radius 2 is 1.82 bits per heavy atom. The van der Waals surface area contributed by atoms with Crippen LogP contribution in [0.25, 0.3) is 0 Å². The molecule has 1 amide bonds. The number of hydrogen-bond donors (Lipinski definition) is 5. The predicted octanol–water partition coefficient (Wildman–Crippen LogP) is 4.87. The number of rotatable bonds is 3. The summed E-state index contributed by atoms with van der Waals surface area (Å²) in [7, 11) is 3.31. The number of nitrogens with one attached hydrogen (secondary N) is 2. The molecule has 1 aliphatic rings. The highest BCUT2D eigenvalue weighted by molar-refractivity contribution is 6.04. The first kappa shape index (κ1) is 31.2. The standard InChI is InChI=1S/C29H45N3O6/c1-16-11-21-14-22(33)15-23(25(21)34)32-28(35)18(3)10-8-9-17(2)26(38-29(30)31)19(4)13-20(5)27(37-7)24(12-16)36-6/h10,13-17,20,24,26-27,33-34H,8-9,11-12H2,1-7H3,(H3,30,31)(H,32,35)/b18-10+,19-13+. The van der Waals surface area contributed by atoms with Crippen LogP contribution in [0.5, 0.6) is 11.5 Å². The summed E-state index contributed by atoms with van der Waals surface area (Å²) in [5.74, 6) is -0.424. The second kappa shape index (κ2) is 14.2. The third-order valence-electron chi connectivity index (χ3n) is 7.26. The number of phenols is 2. The van der Waals surface area contributed by atoms with Crippen LogP contribution in [-0.2, 0) is 25.4 Å². The quantitative estimate of drug-likeness (QED) is 0.123. The second-order valence-corrected chi connectivity index (χ2v) is 10.6. The van der Waals surface area contributed by atoms with E-state index in [9.17, 15) is 15.0 Å². The Morgan fingerprint density at radius 1 is 1.13 bits per heavy atom. The van der Waals surface area contributed by atoms with E-state index in [1.165, 1.54) is 12.1 Å². The van der Waals surface area contributed by atoms with Crippen molar-refractivity contribution in [3.63, 3.8) is 0 Å². The fraction of sp³-hybridized carbons (Fsp3) is 0.586. The molecule has 1 heterocycles. The van der Waals surface area contributed by atoms with Crippen molar-refractivity contribution in [1.82, 2.24) is 0 Å². The molecule has 0 saturated heterocycles. The number of phenolic OH excluding ortho intramolecular Hbond substituents is 2. The Balaban J connectivity index is 2.52. The molecular weight excluding hydrogens is 486 g/mol. The van der Waals surface area contributed by atoms with Gasteiger partial charge in [-0.15, -0.1) is 0 Å². The van der Waals surface area contributed by atoms with E-state index in [1.807, 2.05) is 26.8 Å². The van der Waals surface area contributed by atoms with Gasteiger partial charge in [-0.3, -0.25) is 10.2 Å². The average Bonchev–Trinajstić information content (AvgIpc) is 2.83. The van der Waals surface area contributed by atoms with Crippen LogP contribution < -0.4 is 11.1 Å². The van der Waals surface area contributed by atoms with Crippen molar-refractivity contribution < 1.29 is 29.2 Å². The number of aromatic hydroxyl groups is 2. The molecule has 212 valence electrons. The fourth-order valence-corrected chi connectivity index (χ4v) is 5.28. The largest absolute Gasteiger partial charge is 0.508 e. The van der Waals surface area contributed by atoms with E-state index in [0.29, 0.717) is 36.8 Å². The predicted molar refractivity (Wildman–Crippen MR) is 149 cm³/mol. The van der Waals surface area contributed by atoms with Gasteiger partial charge in [0.1, 0.15) is 17.6 Å². The lowest BCUT2D eigenvalue weighted by molar-refractivity contribution is -0.112. The van der Waals surface area contributed by atoms with Crippen molar-refractivity contribution in [3.05, 3.63) is 41.0 Å². The Morgan fingerprint density at radius 3 is 2.42 bits per heavy atom. The molecule has 9 heteroatoms. The fourth-order valence-electron chi connectivity index (χ4n) is 5.28. The molecule has 0 saturated carbocycles. The van der Waals surface area contributed by atoms with Gasteiger partial charge in [0.05, 0.1) is 17.9 Å². The summed E-state index contributed by atoms with van der Waals surface area (Å²) in [6, 6.07) is 2.52. The Hall–Kier alpha value is -3.04. The molecule has 9 nitrogen and oxygen atoms in total. The Bertz CT molecular complexity index is 1040. The van der Waals surface area contributed by atoms with Crippen LogP contribution in [0, 0.1) is 23.2 Å². The van der Waals surface area contributed by atoms with Gasteiger partial charge >= 0.3 is 0 Å². The van der Waals surface area contributed by atoms with E-state index in [0.717, 1.165) is 5.57 Å². The van der Waals surface area contributed by atoms with Crippen LogP contribution in [0.1, 0.15) is 59.4 Å². The van der Waals surface area contributed by atoms with Crippen molar-refractivity contribution in [1.29, 1.82) is 5.41 Å². The lowest BCUT2D eigenvalue weighted by atomic mass is 9.86. The van der Waals surface area contributed by atoms with Gasteiger partial charge in [0, 0.05) is 31.8 Å². The summed E-state index contributed by atoms with van der Waals surface area (Å²) in [6.07, 6.45) is 5.40. The van der Waals surface area contributed by atoms with E-state index in [-0.39, 0.29) is 59.1 Å². The highest BCUT2D eigenvalue weighted by Gasteiger charge is 2.30. The minimum absolute atomic E-state index is 0.00783. The zero-order valence-electron chi connectivity index (χ0n) is 23.7. The molecule has 2 bridgehead atoms. The number of hydrogen-bond acceptors (Lipinski definition) is 7. The third-order valence-corrected chi connectivity index (χ3v) is 7.26. The number of allylic oxidation sites excluding steroid dienone is 1. The topological polar surface area (TPSA) is 147 Å². The van der Waals surface area contributed by atoms with E-state index >= 15 is 0 Å². The number of amides is 1. The molecule has 0 aliphatic carbocycles. The van der Waals surface area contributed by atoms with Gasteiger partial charge in [-0.05, 0) is 68.6 Å². The van der Waals surface area contributed by atoms with Gasteiger partial charge in [0.2, 0.25) is 0 Å². The number of ether oxygens (including phenoxy) is 3. The van der Waals surface area contributed by atoms with Crippen LogP contribution in [0.3, 0.4) is 0 Å². The van der Waals surface area contributed by atoms with Crippen LogP contribution in [0.4, 0.5) is 5.69 Å². The minimum atomic E-state index is -0.404. The Labute approximate surface area is 226 Å². The minimum Gasteiger partial charge on any atom is -0.508 e. The molecule has 38 heavy (non-hydrogen) atoms. The van der Waals surface area contributed by atoms with E-state index in [2.05, 4.69) is 18.3 Å². The highest BCUT2D eigenvalue weighted by Crippen LogP contribution is 2.35. The van der Waals surface area contributed by atoms with E-state index in [4.69, 9.17) is 25.4 Å². The summed E-state index contributed by atoms with van der Waals surface area (Å²) in [6.45, 7) is 9.80. The summed E-state index contributed by atoms with van der Waals surface area (Å²) in [4.78, 5) is 12.8. The molecule has 6 unspecified atom stereocenters. The molecule has 0 fully saturated rings. The second-order valence-electron chi connectivity index (χ2n) is 10.6. The van der Waals surface area contributed by atoms with Gasteiger partial charge in [0.15, 0.2) is 0 Å². The lowest BCUT2D eigenvalue weighted by Gasteiger charge is -2.32. The number of methoxy groups -OCH3 is 2. The molecule has 0 radical (unpaired) electrons. The van der Waals surface area contributed by atoms with Crippen molar-refractivity contribution in [2.75, 3.05) is 19.5 Å². The monoisotopic (exact) mass is 531 g/mol. The number of carbonyl (C=O) groups is 1. The number of fused-ring (bicyclic) bond motifs is 2. The zero-order valence-corrected chi connectivity index (χ0v) is 23.7. The van der Waals surface area contributed by atoms with E-state index < -0.39 is 6.10 Å². The average molecular weight is 532 g/mol. The first-order valence-electron chi connectivity index (χ1n) is 13.1. The maximum Gasteiger partial charge on any atom is 0.279 e. The summed E-state index contributed by atoms with van der Waals surface area (Å²) in [5.41, 5.74) is 7.75. The highest BCUT2D eigenvalue weighted by atomic mass is 16.5. The maximum atomic E-state index is 12.8. The molecule has 0 aromatic heterocycles. The molecule has 0 spiro atoms. The normalized spacial score (nSPS) is 30.9. The molecule has 1 aromatic rings. The Kier molecular flexibility index (Phi) is 11.7. The molecule has 6 atom stereocenters. The first-order chi connectivity index (χ1) is 17.9. The molecular formula is C29H45N3O6. The van der Waals surface area contributed by atoms with Gasteiger partial charge < -0.3 is 35.5 Å². The number of carbonyl (C=O) groups excluding carboxylic acids is 1. The molecule has 1 aliphatic heterocycles. The number of benzene rings is 1. The first-order valence-corrected chi connectivity index (χ1v) is 13.1. The summed E-state index contributed by atoms with van der Waals surface area (Å²) >= 11 is 0. The van der Waals surface area contributed by atoms with Crippen molar-refractivity contribution in [3.8, 4) is 11.5 Å². The third kappa shape index (κ3) is 8.49. The molecule has 6 N–H and O–H groups in total. The van der Waals surface area contributed by atoms with Crippen molar-refractivity contribution in [2.45, 2.75) is 78.6 Å². The number of nitrogens with two attached hydrogens (primary N) is 1. The van der Waals surface area contributed by atoms with Gasteiger partial charge in [-0.1, -0.05) is 32.9 Å². The van der Waals surface area contributed by atoms with Crippen LogP contribution in [0.15, 0.2) is 35.4 Å². The van der Waals surface area contributed by atoms with Gasteiger partial charge in [-0.2, -0.15) is 0 Å². The van der Waals surface area contributed by atoms with Crippen molar-refractivity contribution in [2.24, 2.45) is 23.5 Å². The number of amidine groups is 1. The molecule has 2 rings (SSSR count). The van der Waals surface area contributed by atoms with Gasteiger partial charge in [-0.25, -0.2) is 0 Å². The smallest absolute Gasteiger partial charge is 0.279 e. The SMILES string of the molecule is COC1CC(C)Cc2cc(O)cc(c2O)NC(=O)/C(C)=C/CCC(C)C(OC(=N)N)/C(C)=C/C(C)C1OC. The van der Waals surface area contributed by atoms with Crippen molar-refractivity contribution >= 4 is 17.6 Å². The van der Waals surface area contributed by atoms with E-state index in [1.54, 1.807) is 21.1 Å². The molecule has 1 aromatic carbocycles. The van der Waals surface area contributed by atoms with Crippen LogP contribution >= 0.6 is 0 Å². The summed E-state index contributed by atoms with van der Waals surface area (Å²) < 4.78 is 17.5. The summed E-state index contributed by atoms with van der Waals surface area (Å²) in [5, 5.41) is 31.6.